The highest BCUT2D eigenvalue weighted by atomic mass is 19.1. The molecule has 1 aliphatic carbocycles. The van der Waals surface area contributed by atoms with E-state index in [4.69, 9.17) is 15.2 Å². The van der Waals surface area contributed by atoms with Gasteiger partial charge in [-0.05, 0) is 50.8 Å². The maximum atomic E-state index is 13.3. The molecule has 1 aromatic carbocycles. The summed E-state index contributed by atoms with van der Waals surface area (Å²) in [6.45, 7) is 2.36. The van der Waals surface area contributed by atoms with Crippen molar-refractivity contribution in [1.29, 1.82) is 0 Å². The van der Waals surface area contributed by atoms with Crippen LogP contribution in [0.2, 0.25) is 0 Å². The van der Waals surface area contributed by atoms with E-state index in [1.165, 1.54) is 37.8 Å². The lowest BCUT2D eigenvalue weighted by Gasteiger charge is -2.24. The average molecular weight is 293 g/mol. The average Bonchev–Trinajstić information content (AvgIpc) is 3.08. The largest absolute Gasteiger partial charge is 0.491 e. The Labute approximate surface area is 125 Å². The summed E-state index contributed by atoms with van der Waals surface area (Å²) in [5, 5.41) is 0. The van der Waals surface area contributed by atoms with Crippen molar-refractivity contribution in [3.8, 4) is 5.75 Å². The van der Waals surface area contributed by atoms with Crippen molar-refractivity contribution < 1.29 is 13.9 Å². The number of rotatable bonds is 4. The number of nitrogens with two attached hydrogens (primary N) is 1. The van der Waals surface area contributed by atoms with Crippen molar-refractivity contribution in [2.45, 2.75) is 63.2 Å². The molecule has 2 aliphatic rings. The molecule has 1 spiro atoms. The van der Waals surface area contributed by atoms with Crippen molar-refractivity contribution in [3.05, 3.63) is 29.6 Å². The Kier molecular flexibility index (Phi) is 4.18. The van der Waals surface area contributed by atoms with Crippen molar-refractivity contribution in [1.82, 2.24) is 0 Å². The Morgan fingerprint density at radius 3 is 2.86 bits per heavy atom. The molecule has 3 nitrogen and oxygen atoms in total. The third-order valence-electron chi connectivity index (χ3n) is 4.74. The minimum atomic E-state index is -0.281. The summed E-state index contributed by atoms with van der Waals surface area (Å²) < 4.78 is 25.4. The molecule has 2 atom stereocenters. The second-order valence-corrected chi connectivity index (χ2v) is 6.45. The molecule has 1 saturated carbocycles. The molecular formula is C17H24FNO2. The van der Waals surface area contributed by atoms with E-state index in [0.29, 0.717) is 17.9 Å². The van der Waals surface area contributed by atoms with Gasteiger partial charge in [-0.15, -0.1) is 0 Å². The van der Waals surface area contributed by atoms with E-state index in [-0.39, 0.29) is 23.6 Å². The molecule has 1 aromatic rings. The van der Waals surface area contributed by atoms with Gasteiger partial charge in [0.15, 0.2) is 0 Å². The van der Waals surface area contributed by atoms with Gasteiger partial charge in [0.25, 0.3) is 0 Å². The normalized spacial score (nSPS) is 25.4. The molecule has 1 aliphatic heterocycles. The fraction of sp³-hybridized carbons (Fsp3) is 0.647. The van der Waals surface area contributed by atoms with E-state index in [1.807, 2.05) is 6.92 Å². The van der Waals surface area contributed by atoms with Crippen LogP contribution in [0.3, 0.4) is 0 Å². The van der Waals surface area contributed by atoms with Gasteiger partial charge in [-0.2, -0.15) is 0 Å². The first-order chi connectivity index (χ1) is 10.1. The molecule has 116 valence electrons. The minimum absolute atomic E-state index is 0.126. The summed E-state index contributed by atoms with van der Waals surface area (Å²) in [5.41, 5.74) is 6.72. The Balaban J connectivity index is 1.61. The molecule has 2 fully saturated rings. The predicted octanol–water partition coefficient (Wildman–Crippen LogP) is 3.72. The summed E-state index contributed by atoms with van der Waals surface area (Å²) in [6.07, 6.45) is 7.27. The van der Waals surface area contributed by atoms with Crippen molar-refractivity contribution in [2.24, 2.45) is 5.73 Å². The van der Waals surface area contributed by atoms with Crippen molar-refractivity contribution >= 4 is 0 Å². The number of benzene rings is 1. The number of hydrogen-bond donors (Lipinski definition) is 1. The molecule has 1 unspecified atom stereocenters. The first-order valence-electron chi connectivity index (χ1n) is 7.94. The minimum Gasteiger partial charge on any atom is -0.491 e. The van der Waals surface area contributed by atoms with E-state index < -0.39 is 0 Å². The maximum absolute atomic E-state index is 13.3. The standard InChI is InChI=1S/C17H24FNO2/c1-12(19)15-10-13(18)4-5-16(15)20-11-14-6-9-17(21-14)7-2-3-8-17/h4-5,10,12,14H,2-3,6-9,11,19H2,1H3/t12-,14?/m0/s1. The fourth-order valence-corrected chi connectivity index (χ4v) is 3.59. The summed E-state index contributed by atoms with van der Waals surface area (Å²) >= 11 is 0. The van der Waals surface area contributed by atoms with Gasteiger partial charge in [0.1, 0.15) is 18.2 Å². The Morgan fingerprint density at radius 2 is 2.14 bits per heavy atom. The fourth-order valence-electron chi connectivity index (χ4n) is 3.59. The van der Waals surface area contributed by atoms with E-state index in [2.05, 4.69) is 0 Å². The van der Waals surface area contributed by atoms with Crippen LogP contribution in [0.25, 0.3) is 0 Å². The van der Waals surface area contributed by atoms with E-state index in [9.17, 15) is 4.39 Å². The maximum Gasteiger partial charge on any atom is 0.124 e. The third kappa shape index (κ3) is 3.22. The smallest absolute Gasteiger partial charge is 0.124 e. The zero-order valence-electron chi connectivity index (χ0n) is 12.6. The van der Waals surface area contributed by atoms with Crippen LogP contribution < -0.4 is 10.5 Å². The first-order valence-corrected chi connectivity index (χ1v) is 7.94. The van der Waals surface area contributed by atoms with Gasteiger partial charge in [-0.25, -0.2) is 4.39 Å². The highest BCUT2D eigenvalue weighted by molar-refractivity contribution is 5.36. The summed E-state index contributed by atoms with van der Waals surface area (Å²) in [6, 6.07) is 4.28. The Bertz CT molecular complexity index is 498. The molecular weight excluding hydrogens is 269 g/mol. The van der Waals surface area contributed by atoms with Crippen LogP contribution in [0.15, 0.2) is 18.2 Å². The molecule has 0 radical (unpaired) electrons. The van der Waals surface area contributed by atoms with E-state index in [0.717, 1.165) is 12.8 Å². The van der Waals surface area contributed by atoms with E-state index in [1.54, 1.807) is 6.07 Å². The number of halogens is 1. The summed E-state index contributed by atoms with van der Waals surface area (Å²) in [5.74, 6) is 0.388. The molecule has 3 rings (SSSR count). The molecule has 0 bridgehead atoms. The molecule has 1 heterocycles. The molecule has 21 heavy (non-hydrogen) atoms. The third-order valence-corrected chi connectivity index (χ3v) is 4.74. The van der Waals surface area contributed by atoms with Gasteiger partial charge >= 0.3 is 0 Å². The second kappa shape index (κ2) is 5.93. The van der Waals surface area contributed by atoms with E-state index >= 15 is 0 Å². The molecule has 1 saturated heterocycles. The number of hydrogen-bond acceptors (Lipinski definition) is 3. The molecule has 2 N–H and O–H groups in total. The zero-order chi connectivity index (χ0) is 14.9. The predicted molar refractivity (Wildman–Crippen MR) is 79.8 cm³/mol. The molecule has 0 aromatic heterocycles. The quantitative estimate of drug-likeness (QED) is 0.920. The Morgan fingerprint density at radius 1 is 1.38 bits per heavy atom. The van der Waals surface area contributed by atoms with Crippen LogP contribution in [0, 0.1) is 5.82 Å². The van der Waals surface area contributed by atoms with Gasteiger partial charge in [-0.1, -0.05) is 12.8 Å². The highest BCUT2D eigenvalue weighted by Crippen LogP contribution is 2.43. The first kappa shape index (κ1) is 14.8. The highest BCUT2D eigenvalue weighted by Gasteiger charge is 2.42. The zero-order valence-corrected chi connectivity index (χ0v) is 12.6. The SMILES string of the molecule is C[C@H](N)c1cc(F)ccc1OCC1CCC2(CCCC2)O1. The summed E-state index contributed by atoms with van der Waals surface area (Å²) in [4.78, 5) is 0. The second-order valence-electron chi connectivity index (χ2n) is 6.45. The van der Waals surface area contributed by atoms with Crippen LogP contribution in [0.1, 0.15) is 57.1 Å². The van der Waals surface area contributed by atoms with Gasteiger partial charge in [0.05, 0.1) is 11.7 Å². The van der Waals surface area contributed by atoms with Crippen molar-refractivity contribution in [3.63, 3.8) is 0 Å². The van der Waals surface area contributed by atoms with Gasteiger partial charge in [-0.3, -0.25) is 0 Å². The molecule has 4 heteroatoms. The van der Waals surface area contributed by atoms with Gasteiger partial charge < -0.3 is 15.2 Å². The van der Waals surface area contributed by atoms with Gasteiger partial charge in [0, 0.05) is 11.6 Å². The van der Waals surface area contributed by atoms with Crippen LogP contribution in [0.4, 0.5) is 4.39 Å². The van der Waals surface area contributed by atoms with Crippen molar-refractivity contribution in [2.75, 3.05) is 6.61 Å². The topological polar surface area (TPSA) is 44.5 Å². The Hall–Kier alpha value is -1.13. The lowest BCUT2D eigenvalue weighted by molar-refractivity contribution is -0.0510. The van der Waals surface area contributed by atoms with Gasteiger partial charge in [0.2, 0.25) is 0 Å². The van der Waals surface area contributed by atoms with Crippen LogP contribution >= 0.6 is 0 Å². The lowest BCUT2D eigenvalue weighted by atomic mass is 9.98. The lowest BCUT2D eigenvalue weighted by Crippen LogP contribution is -2.27. The van der Waals surface area contributed by atoms with Crippen LogP contribution in [-0.2, 0) is 4.74 Å². The summed E-state index contributed by atoms with van der Waals surface area (Å²) in [7, 11) is 0. The van der Waals surface area contributed by atoms with Crippen LogP contribution in [0.5, 0.6) is 5.75 Å². The van der Waals surface area contributed by atoms with Crippen LogP contribution in [-0.4, -0.2) is 18.3 Å². The molecule has 0 amide bonds. The monoisotopic (exact) mass is 293 g/mol. The number of ether oxygens (including phenoxy) is 2.